The van der Waals surface area contributed by atoms with Gasteiger partial charge in [0.2, 0.25) is 0 Å². The Balaban J connectivity index is 2.12. The van der Waals surface area contributed by atoms with E-state index in [4.69, 9.17) is 0 Å². The zero-order valence-electron chi connectivity index (χ0n) is 10.3. The van der Waals surface area contributed by atoms with E-state index in [9.17, 15) is 5.11 Å². The molecule has 18 heavy (non-hydrogen) atoms. The van der Waals surface area contributed by atoms with Gasteiger partial charge in [-0.1, -0.05) is 30.3 Å². The van der Waals surface area contributed by atoms with Crippen LogP contribution in [-0.4, -0.2) is 18.0 Å². The van der Waals surface area contributed by atoms with E-state index in [0.29, 0.717) is 0 Å². The van der Waals surface area contributed by atoms with Gasteiger partial charge in [0, 0.05) is 10.6 Å². The van der Waals surface area contributed by atoms with Crippen LogP contribution in [0.25, 0.3) is 0 Å². The number of aliphatic hydroxyl groups is 1. The van der Waals surface area contributed by atoms with E-state index < -0.39 is 0 Å². The minimum atomic E-state index is -0.0664. The highest BCUT2D eigenvalue weighted by atomic mass is 32.2. The molecule has 0 fully saturated rings. The summed E-state index contributed by atoms with van der Waals surface area (Å²) in [6.45, 7) is 0.0769. The van der Waals surface area contributed by atoms with Crippen molar-refractivity contribution in [3.63, 3.8) is 0 Å². The van der Waals surface area contributed by atoms with Crippen molar-refractivity contribution in [1.29, 1.82) is 0 Å². The highest BCUT2D eigenvalue weighted by Crippen LogP contribution is 2.22. The summed E-state index contributed by atoms with van der Waals surface area (Å²) in [6, 6.07) is 18.1. The summed E-state index contributed by atoms with van der Waals surface area (Å²) in [5.41, 5.74) is 2.12. The van der Waals surface area contributed by atoms with Crippen LogP contribution in [0.5, 0.6) is 0 Å². The molecule has 0 heterocycles. The average molecular weight is 259 g/mol. The number of nitrogens with one attached hydrogen (secondary N) is 1. The van der Waals surface area contributed by atoms with Crippen LogP contribution < -0.4 is 5.32 Å². The van der Waals surface area contributed by atoms with Crippen molar-refractivity contribution in [3.05, 3.63) is 60.2 Å². The maximum atomic E-state index is 9.50. The van der Waals surface area contributed by atoms with Gasteiger partial charge >= 0.3 is 0 Å². The second kappa shape index (κ2) is 6.47. The number of thioether (sulfide) groups is 1. The van der Waals surface area contributed by atoms with Gasteiger partial charge in [0.15, 0.2) is 0 Å². The highest BCUT2D eigenvalue weighted by molar-refractivity contribution is 7.98. The molecule has 0 saturated heterocycles. The lowest BCUT2D eigenvalue weighted by atomic mass is 10.1. The molecule has 2 nitrogen and oxygen atoms in total. The van der Waals surface area contributed by atoms with E-state index in [1.807, 2.05) is 30.3 Å². The molecular weight excluding hydrogens is 242 g/mol. The van der Waals surface area contributed by atoms with E-state index in [2.05, 4.69) is 35.8 Å². The first-order valence-electron chi connectivity index (χ1n) is 5.90. The van der Waals surface area contributed by atoms with E-state index in [1.54, 1.807) is 11.8 Å². The summed E-state index contributed by atoms with van der Waals surface area (Å²) < 4.78 is 0. The minimum absolute atomic E-state index is 0.0664. The quantitative estimate of drug-likeness (QED) is 0.805. The van der Waals surface area contributed by atoms with E-state index in [-0.39, 0.29) is 12.6 Å². The Hall–Kier alpha value is -1.45. The monoisotopic (exact) mass is 259 g/mol. The van der Waals surface area contributed by atoms with Crippen LogP contribution in [0.4, 0.5) is 5.69 Å². The fourth-order valence-electron chi connectivity index (χ4n) is 1.81. The molecule has 94 valence electrons. The van der Waals surface area contributed by atoms with Crippen molar-refractivity contribution in [1.82, 2.24) is 0 Å². The molecular formula is C15H17NOS. The second-order valence-electron chi connectivity index (χ2n) is 4.02. The Morgan fingerprint density at radius 2 is 1.72 bits per heavy atom. The fraction of sp³-hybridized carbons (Fsp3) is 0.200. The molecule has 0 amide bonds. The van der Waals surface area contributed by atoms with Crippen LogP contribution in [0.1, 0.15) is 11.6 Å². The summed E-state index contributed by atoms with van der Waals surface area (Å²) in [5, 5.41) is 12.8. The number of benzene rings is 2. The molecule has 0 bridgehead atoms. The number of rotatable bonds is 5. The maximum absolute atomic E-state index is 9.50. The van der Waals surface area contributed by atoms with Gasteiger partial charge in [0.25, 0.3) is 0 Å². The number of hydrogen-bond donors (Lipinski definition) is 2. The number of hydrogen-bond acceptors (Lipinski definition) is 3. The normalized spacial score (nSPS) is 12.1. The standard InChI is InChI=1S/C15H17NOS/c1-18-14-9-7-12(8-10-14)15(11-17)16-13-5-3-2-4-6-13/h2-10,15-17H,11H2,1H3. The molecule has 2 aromatic carbocycles. The zero-order chi connectivity index (χ0) is 12.8. The summed E-state index contributed by atoms with van der Waals surface area (Å²) in [7, 11) is 0. The average Bonchev–Trinajstić information content (AvgIpc) is 2.46. The Morgan fingerprint density at radius 1 is 1.06 bits per heavy atom. The predicted molar refractivity (Wildman–Crippen MR) is 78.1 cm³/mol. The van der Waals surface area contributed by atoms with Crippen molar-refractivity contribution in [2.75, 3.05) is 18.2 Å². The van der Waals surface area contributed by atoms with Crippen molar-refractivity contribution >= 4 is 17.4 Å². The van der Waals surface area contributed by atoms with Gasteiger partial charge in [-0.05, 0) is 36.1 Å². The molecule has 0 radical (unpaired) electrons. The Bertz CT molecular complexity index is 470. The van der Waals surface area contributed by atoms with Gasteiger partial charge < -0.3 is 10.4 Å². The van der Waals surface area contributed by atoms with Crippen molar-refractivity contribution < 1.29 is 5.11 Å². The molecule has 2 aromatic rings. The van der Waals surface area contributed by atoms with Gasteiger partial charge in [0.1, 0.15) is 0 Å². The molecule has 0 aliphatic carbocycles. The lowest BCUT2D eigenvalue weighted by molar-refractivity contribution is 0.276. The van der Waals surface area contributed by atoms with Crippen LogP contribution in [-0.2, 0) is 0 Å². The van der Waals surface area contributed by atoms with Gasteiger partial charge in [-0.3, -0.25) is 0 Å². The number of aliphatic hydroxyl groups excluding tert-OH is 1. The van der Waals surface area contributed by atoms with E-state index in [1.165, 1.54) is 4.90 Å². The van der Waals surface area contributed by atoms with Crippen LogP contribution >= 0.6 is 11.8 Å². The number of anilines is 1. The van der Waals surface area contributed by atoms with Crippen LogP contribution in [0.3, 0.4) is 0 Å². The van der Waals surface area contributed by atoms with Crippen LogP contribution in [0.15, 0.2) is 59.5 Å². The smallest absolute Gasteiger partial charge is 0.0745 e. The lowest BCUT2D eigenvalue weighted by Crippen LogP contribution is -2.14. The lowest BCUT2D eigenvalue weighted by Gasteiger charge is -2.18. The van der Waals surface area contributed by atoms with E-state index in [0.717, 1.165) is 11.3 Å². The summed E-state index contributed by atoms with van der Waals surface area (Å²) in [4.78, 5) is 1.23. The van der Waals surface area contributed by atoms with Gasteiger partial charge in [-0.25, -0.2) is 0 Å². The molecule has 2 N–H and O–H groups in total. The fourth-order valence-corrected chi connectivity index (χ4v) is 2.21. The largest absolute Gasteiger partial charge is 0.394 e. The molecule has 3 heteroatoms. The zero-order valence-corrected chi connectivity index (χ0v) is 11.2. The van der Waals surface area contributed by atoms with Crippen molar-refractivity contribution in [2.24, 2.45) is 0 Å². The molecule has 0 saturated carbocycles. The second-order valence-corrected chi connectivity index (χ2v) is 4.90. The van der Waals surface area contributed by atoms with Crippen LogP contribution in [0.2, 0.25) is 0 Å². The minimum Gasteiger partial charge on any atom is -0.394 e. The summed E-state index contributed by atoms with van der Waals surface area (Å²) in [5.74, 6) is 0. The molecule has 2 rings (SSSR count). The van der Waals surface area contributed by atoms with E-state index >= 15 is 0 Å². The Kier molecular flexibility index (Phi) is 4.67. The SMILES string of the molecule is CSc1ccc(C(CO)Nc2ccccc2)cc1. The highest BCUT2D eigenvalue weighted by Gasteiger charge is 2.09. The Morgan fingerprint density at radius 3 is 2.28 bits per heavy atom. The Labute approximate surface area is 112 Å². The van der Waals surface area contributed by atoms with Crippen molar-refractivity contribution in [2.45, 2.75) is 10.9 Å². The summed E-state index contributed by atoms with van der Waals surface area (Å²) in [6.07, 6.45) is 2.06. The first-order valence-corrected chi connectivity index (χ1v) is 7.12. The van der Waals surface area contributed by atoms with Crippen molar-refractivity contribution in [3.8, 4) is 0 Å². The third-order valence-electron chi connectivity index (χ3n) is 2.82. The molecule has 1 unspecified atom stereocenters. The molecule has 1 atom stereocenters. The molecule has 0 aromatic heterocycles. The predicted octanol–water partition coefficient (Wildman–Crippen LogP) is 3.55. The maximum Gasteiger partial charge on any atom is 0.0745 e. The topological polar surface area (TPSA) is 32.3 Å². The van der Waals surface area contributed by atoms with Gasteiger partial charge in [-0.15, -0.1) is 11.8 Å². The molecule has 0 spiro atoms. The first-order chi connectivity index (χ1) is 8.83. The third-order valence-corrected chi connectivity index (χ3v) is 3.56. The third kappa shape index (κ3) is 3.28. The number of para-hydroxylation sites is 1. The molecule has 0 aliphatic heterocycles. The first kappa shape index (κ1) is 13.0. The summed E-state index contributed by atoms with van der Waals surface area (Å²) >= 11 is 1.72. The van der Waals surface area contributed by atoms with Gasteiger partial charge in [0.05, 0.1) is 12.6 Å². The molecule has 0 aliphatic rings. The van der Waals surface area contributed by atoms with Crippen LogP contribution in [0, 0.1) is 0 Å². The van der Waals surface area contributed by atoms with Gasteiger partial charge in [-0.2, -0.15) is 0 Å².